The smallest absolute Gasteiger partial charge is 0.182 e. The first-order valence-corrected chi connectivity index (χ1v) is 2.95. The van der Waals surface area contributed by atoms with Crippen molar-refractivity contribution in [2.24, 2.45) is 5.73 Å². The number of rotatable bonds is 0. The van der Waals surface area contributed by atoms with Crippen molar-refractivity contribution in [1.82, 2.24) is 0 Å². The topological polar surface area (TPSA) is 75.7 Å². The van der Waals surface area contributed by atoms with Gasteiger partial charge in [-0.3, -0.25) is 0 Å². The zero-order valence-electron chi connectivity index (χ0n) is 5.03. The van der Waals surface area contributed by atoms with Gasteiger partial charge in [0.1, 0.15) is 6.10 Å². The zero-order valence-corrected chi connectivity index (χ0v) is 5.03. The molecule has 0 radical (unpaired) electrons. The molecule has 1 heterocycles. The van der Waals surface area contributed by atoms with E-state index >= 15 is 0 Å². The number of aliphatic hydroxyl groups excluding tert-OH is 2. The summed E-state index contributed by atoms with van der Waals surface area (Å²) in [5, 5.41) is 17.7. The number of hydrogen-bond acceptors (Lipinski definition) is 4. The minimum absolute atomic E-state index is 0.339. The van der Waals surface area contributed by atoms with Gasteiger partial charge < -0.3 is 20.7 Å². The first kappa shape index (κ1) is 6.95. The Hall–Kier alpha value is -0.160. The van der Waals surface area contributed by atoms with E-state index in [-0.39, 0.29) is 6.04 Å². The quantitative estimate of drug-likeness (QED) is 0.372. The Balaban J connectivity index is 2.41. The molecule has 1 aliphatic heterocycles. The van der Waals surface area contributed by atoms with Crippen LogP contribution in [-0.2, 0) is 4.74 Å². The van der Waals surface area contributed by atoms with Crippen LogP contribution in [-0.4, -0.2) is 35.3 Å². The molecule has 0 aliphatic carbocycles. The van der Waals surface area contributed by atoms with Gasteiger partial charge in [0.25, 0.3) is 0 Å². The molecule has 1 saturated heterocycles. The van der Waals surface area contributed by atoms with Crippen molar-refractivity contribution in [2.45, 2.75) is 24.9 Å². The Kier molecular flexibility index (Phi) is 2.02. The highest BCUT2D eigenvalue weighted by Crippen LogP contribution is 2.09. The Labute approximate surface area is 53.2 Å². The number of hydrogen-bond donors (Lipinski definition) is 3. The fourth-order valence-electron chi connectivity index (χ4n) is 0.806. The van der Waals surface area contributed by atoms with E-state index in [0.29, 0.717) is 13.0 Å². The summed E-state index contributed by atoms with van der Waals surface area (Å²) in [6.45, 7) is 0.430. The summed E-state index contributed by atoms with van der Waals surface area (Å²) in [5.74, 6) is 0. The first-order valence-electron chi connectivity index (χ1n) is 2.95. The van der Waals surface area contributed by atoms with Gasteiger partial charge in [-0.1, -0.05) is 0 Å². The van der Waals surface area contributed by atoms with Gasteiger partial charge in [-0.2, -0.15) is 0 Å². The average Bonchev–Trinajstić information content (AvgIpc) is 1.83. The molecule has 1 fully saturated rings. The van der Waals surface area contributed by atoms with E-state index in [1.807, 2.05) is 0 Å². The van der Waals surface area contributed by atoms with E-state index in [4.69, 9.17) is 15.9 Å². The Morgan fingerprint density at radius 2 is 2.11 bits per heavy atom. The summed E-state index contributed by atoms with van der Waals surface area (Å²) >= 11 is 0. The minimum atomic E-state index is -1.09. The van der Waals surface area contributed by atoms with Gasteiger partial charge in [0, 0.05) is 6.04 Å². The van der Waals surface area contributed by atoms with Gasteiger partial charge in [-0.25, -0.2) is 0 Å². The second kappa shape index (κ2) is 2.62. The normalized spacial score (nSPS) is 45.0. The highest BCUT2D eigenvalue weighted by Gasteiger charge is 2.27. The maximum atomic E-state index is 8.95. The molecule has 1 aliphatic rings. The fourth-order valence-corrected chi connectivity index (χ4v) is 0.806. The van der Waals surface area contributed by atoms with Crippen LogP contribution in [0.5, 0.6) is 0 Å². The lowest BCUT2D eigenvalue weighted by Crippen LogP contribution is -2.48. The maximum Gasteiger partial charge on any atom is 0.182 e. The van der Waals surface area contributed by atoms with Crippen molar-refractivity contribution in [1.29, 1.82) is 0 Å². The third-order valence-electron chi connectivity index (χ3n) is 1.47. The van der Waals surface area contributed by atoms with E-state index in [0.717, 1.165) is 0 Å². The van der Waals surface area contributed by atoms with Crippen molar-refractivity contribution in [3.05, 3.63) is 0 Å². The fraction of sp³-hybridized carbons (Fsp3) is 1.00. The first-order chi connectivity index (χ1) is 4.22. The summed E-state index contributed by atoms with van der Waals surface area (Å²) in [7, 11) is 0. The zero-order chi connectivity index (χ0) is 6.85. The lowest BCUT2D eigenvalue weighted by atomic mass is 10.1. The second-order valence-electron chi connectivity index (χ2n) is 2.20. The van der Waals surface area contributed by atoms with E-state index < -0.39 is 12.4 Å². The van der Waals surface area contributed by atoms with Crippen LogP contribution in [0.15, 0.2) is 0 Å². The Morgan fingerprint density at radius 1 is 1.44 bits per heavy atom. The highest BCUT2D eigenvalue weighted by molar-refractivity contribution is 4.77. The SMILES string of the molecule is N[C@@H]1CCO[C@H](O)[C@H]1O. The summed E-state index contributed by atoms with van der Waals surface area (Å²) in [5.41, 5.74) is 5.38. The second-order valence-corrected chi connectivity index (χ2v) is 2.20. The molecule has 9 heavy (non-hydrogen) atoms. The minimum Gasteiger partial charge on any atom is -0.386 e. The van der Waals surface area contributed by atoms with Crippen LogP contribution in [0.1, 0.15) is 6.42 Å². The molecule has 0 aromatic heterocycles. The molecule has 0 aromatic rings. The van der Waals surface area contributed by atoms with Crippen LogP contribution in [0.4, 0.5) is 0 Å². The Bertz CT molecular complexity index is 88.2. The number of aliphatic hydroxyl groups is 2. The lowest BCUT2D eigenvalue weighted by Gasteiger charge is -2.28. The monoisotopic (exact) mass is 133 g/mol. The van der Waals surface area contributed by atoms with Crippen molar-refractivity contribution in [2.75, 3.05) is 6.61 Å². The Morgan fingerprint density at radius 3 is 2.56 bits per heavy atom. The van der Waals surface area contributed by atoms with Gasteiger partial charge in [-0.15, -0.1) is 0 Å². The van der Waals surface area contributed by atoms with Crippen LogP contribution in [0.25, 0.3) is 0 Å². The van der Waals surface area contributed by atoms with E-state index in [1.165, 1.54) is 0 Å². The van der Waals surface area contributed by atoms with Gasteiger partial charge >= 0.3 is 0 Å². The number of nitrogens with two attached hydrogens (primary N) is 1. The van der Waals surface area contributed by atoms with Crippen LogP contribution in [0.2, 0.25) is 0 Å². The third-order valence-corrected chi connectivity index (χ3v) is 1.47. The summed E-state index contributed by atoms with van der Waals surface area (Å²) in [6.07, 6.45) is -1.40. The van der Waals surface area contributed by atoms with Gasteiger partial charge in [0.2, 0.25) is 0 Å². The van der Waals surface area contributed by atoms with Crippen LogP contribution < -0.4 is 5.73 Å². The summed E-state index contributed by atoms with van der Waals surface area (Å²) in [4.78, 5) is 0. The van der Waals surface area contributed by atoms with E-state index in [2.05, 4.69) is 4.74 Å². The lowest BCUT2D eigenvalue weighted by molar-refractivity contribution is -0.191. The van der Waals surface area contributed by atoms with E-state index in [9.17, 15) is 0 Å². The maximum absolute atomic E-state index is 8.95. The van der Waals surface area contributed by atoms with E-state index in [1.54, 1.807) is 0 Å². The van der Waals surface area contributed by atoms with Gasteiger partial charge in [0.15, 0.2) is 6.29 Å². The molecule has 1 rings (SSSR count). The number of ether oxygens (including phenoxy) is 1. The van der Waals surface area contributed by atoms with Crippen molar-refractivity contribution in [3.63, 3.8) is 0 Å². The molecule has 3 atom stereocenters. The molecule has 0 saturated carbocycles. The molecular weight excluding hydrogens is 122 g/mol. The summed E-state index contributed by atoms with van der Waals surface area (Å²) < 4.78 is 4.69. The van der Waals surface area contributed by atoms with Crippen molar-refractivity contribution >= 4 is 0 Å². The predicted molar refractivity (Wildman–Crippen MR) is 30.6 cm³/mol. The predicted octanol–water partition coefficient (Wildman–Crippen LogP) is -1.59. The third kappa shape index (κ3) is 1.40. The van der Waals surface area contributed by atoms with Crippen LogP contribution >= 0.6 is 0 Å². The summed E-state index contributed by atoms with van der Waals surface area (Å²) in [6, 6.07) is -0.339. The largest absolute Gasteiger partial charge is 0.386 e. The standard InChI is InChI=1S/C5H11NO3/c6-3-1-2-9-5(8)4(3)7/h3-5,7-8H,1-2,6H2/t3-,4+,5+/m1/s1. The van der Waals surface area contributed by atoms with Gasteiger partial charge in [-0.05, 0) is 6.42 Å². The molecule has 4 N–H and O–H groups in total. The molecule has 0 spiro atoms. The highest BCUT2D eigenvalue weighted by atomic mass is 16.6. The van der Waals surface area contributed by atoms with Gasteiger partial charge in [0.05, 0.1) is 6.61 Å². The van der Waals surface area contributed by atoms with Crippen LogP contribution in [0.3, 0.4) is 0 Å². The van der Waals surface area contributed by atoms with Crippen LogP contribution in [0, 0.1) is 0 Å². The molecule has 0 unspecified atom stereocenters. The van der Waals surface area contributed by atoms with Crippen molar-refractivity contribution < 1.29 is 14.9 Å². The molecule has 0 amide bonds. The molecular formula is C5H11NO3. The molecule has 0 bridgehead atoms. The average molecular weight is 133 g/mol. The van der Waals surface area contributed by atoms with Crippen molar-refractivity contribution in [3.8, 4) is 0 Å². The molecule has 4 heteroatoms. The molecule has 0 aromatic carbocycles. The molecule has 54 valence electrons. The molecule has 4 nitrogen and oxygen atoms in total.